The van der Waals surface area contributed by atoms with Crippen LogP contribution < -0.4 is 0 Å². The molecule has 18 heavy (non-hydrogen) atoms. The average molecular weight is 321 g/mol. The Labute approximate surface area is 116 Å². The minimum atomic E-state index is -0.712. The molecule has 0 aliphatic carbocycles. The van der Waals surface area contributed by atoms with Gasteiger partial charge in [0.25, 0.3) is 0 Å². The van der Waals surface area contributed by atoms with E-state index in [0.29, 0.717) is 19.6 Å². The molecule has 1 N–H and O–H groups in total. The number of aliphatic hydroxyl groups is 1. The molecular weight excluding hydrogens is 300 g/mol. The van der Waals surface area contributed by atoms with Crippen molar-refractivity contribution in [3.63, 3.8) is 0 Å². The van der Waals surface area contributed by atoms with E-state index in [1.165, 1.54) is 0 Å². The second kappa shape index (κ2) is 7.23. The Morgan fingerprint density at radius 1 is 1.33 bits per heavy atom. The van der Waals surface area contributed by atoms with Gasteiger partial charge < -0.3 is 14.6 Å². The van der Waals surface area contributed by atoms with Gasteiger partial charge in [-0.3, -0.25) is 4.68 Å². The van der Waals surface area contributed by atoms with Crippen LogP contribution in [-0.4, -0.2) is 40.5 Å². The van der Waals surface area contributed by atoms with E-state index < -0.39 is 12.4 Å². The Hall–Kier alpha value is -0.430. The number of rotatable bonds is 7. The Bertz CT molecular complexity index is 376. The fourth-order valence-corrected chi connectivity index (χ4v) is 2.29. The lowest BCUT2D eigenvalue weighted by atomic mass is 10.2. The second-order valence-corrected chi connectivity index (χ2v) is 4.81. The van der Waals surface area contributed by atoms with Gasteiger partial charge in [0.2, 0.25) is 0 Å². The molecule has 1 aromatic rings. The third-order valence-electron chi connectivity index (χ3n) is 2.64. The van der Waals surface area contributed by atoms with Crippen molar-refractivity contribution in [1.29, 1.82) is 0 Å². The SMILES string of the molecule is CCOC(OCC)C(O)Cc1c(Br)c(C)nn1C. The van der Waals surface area contributed by atoms with Crippen molar-refractivity contribution in [3.05, 3.63) is 15.9 Å². The van der Waals surface area contributed by atoms with Gasteiger partial charge in [-0.25, -0.2) is 0 Å². The normalized spacial score (nSPS) is 13.3. The van der Waals surface area contributed by atoms with Crippen molar-refractivity contribution >= 4 is 15.9 Å². The monoisotopic (exact) mass is 320 g/mol. The number of hydrogen-bond acceptors (Lipinski definition) is 4. The van der Waals surface area contributed by atoms with Crippen LogP contribution in [0.15, 0.2) is 4.47 Å². The molecule has 1 aromatic heterocycles. The first-order valence-corrected chi connectivity index (χ1v) is 6.89. The van der Waals surface area contributed by atoms with Crippen molar-refractivity contribution in [3.8, 4) is 0 Å². The van der Waals surface area contributed by atoms with E-state index >= 15 is 0 Å². The first kappa shape index (κ1) is 15.6. The zero-order valence-electron chi connectivity index (χ0n) is 11.3. The van der Waals surface area contributed by atoms with Crippen LogP contribution in [-0.2, 0) is 22.9 Å². The highest BCUT2D eigenvalue weighted by molar-refractivity contribution is 9.10. The van der Waals surface area contributed by atoms with Gasteiger partial charge >= 0.3 is 0 Å². The smallest absolute Gasteiger partial charge is 0.183 e. The number of aliphatic hydroxyl groups excluding tert-OH is 1. The molecule has 1 unspecified atom stereocenters. The van der Waals surface area contributed by atoms with E-state index in [4.69, 9.17) is 9.47 Å². The largest absolute Gasteiger partial charge is 0.387 e. The van der Waals surface area contributed by atoms with E-state index in [9.17, 15) is 5.11 Å². The van der Waals surface area contributed by atoms with E-state index in [1.807, 2.05) is 27.8 Å². The van der Waals surface area contributed by atoms with Crippen LogP contribution in [0.1, 0.15) is 25.2 Å². The van der Waals surface area contributed by atoms with Gasteiger partial charge in [-0.15, -0.1) is 0 Å². The lowest BCUT2D eigenvalue weighted by Gasteiger charge is -2.22. The molecule has 0 radical (unpaired) electrons. The molecule has 5 nitrogen and oxygen atoms in total. The molecule has 0 aliphatic rings. The molecule has 0 aliphatic heterocycles. The summed E-state index contributed by atoms with van der Waals surface area (Å²) in [6.45, 7) is 6.69. The topological polar surface area (TPSA) is 56.5 Å². The molecule has 6 heteroatoms. The summed E-state index contributed by atoms with van der Waals surface area (Å²) >= 11 is 3.48. The molecule has 1 heterocycles. The van der Waals surface area contributed by atoms with Crippen LogP contribution in [0.4, 0.5) is 0 Å². The third-order valence-corrected chi connectivity index (χ3v) is 3.67. The summed E-state index contributed by atoms with van der Waals surface area (Å²) in [6, 6.07) is 0. The molecule has 0 saturated carbocycles. The maximum absolute atomic E-state index is 10.2. The number of ether oxygens (including phenoxy) is 2. The number of hydrogen-bond donors (Lipinski definition) is 1. The van der Waals surface area contributed by atoms with Gasteiger partial charge in [-0.1, -0.05) is 0 Å². The first-order chi connectivity index (χ1) is 8.51. The average Bonchev–Trinajstić information content (AvgIpc) is 2.55. The lowest BCUT2D eigenvalue weighted by molar-refractivity contribution is -0.189. The molecule has 1 atom stereocenters. The Morgan fingerprint density at radius 3 is 2.28 bits per heavy atom. The molecule has 0 amide bonds. The van der Waals surface area contributed by atoms with Crippen molar-refractivity contribution in [2.24, 2.45) is 7.05 Å². The minimum Gasteiger partial charge on any atom is -0.387 e. The summed E-state index contributed by atoms with van der Waals surface area (Å²) in [5.41, 5.74) is 1.84. The van der Waals surface area contributed by atoms with Crippen molar-refractivity contribution in [1.82, 2.24) is 9.78 Å². The highest BCUT2D eigenvalue weighted by Crippen LogP contribution is 2.22. The fraction of sp³-hybridized carbons (Fsp3) is 0.750. The summed E-state index contributed by atoms with van der Waals surface area (Å²) in [7, 11) is 1.86. The predicted octanol–water partition coefficient (Wildman–Crippen LogP) is 1.79. The van der Waals surface area contributed by atoms with E-state index in [0.717, 1.165) is 15.9 Å². The lowest BCUT2D eigenvalue weighted by Crippen LogP contribution is -2.34. The molecule has 0 aromatic carbocycles. The van der Waals surface area contributed by atoms with Gasteiger partial charge in [-0.05, 0) is 36.7 Å². The van der Waals surface area contributed by atoms with Crippen LogP contribution in [0, 0.1) is 6.92 Å². The maximum Gasteiger partial charge on any atom is 0.183 e. The summed E-state index contributed by atoms with van der Waals surface area (Å²) in [4.78, 5) is 0. The summed E-state index contributed by atoms with van der Waals surface area (Å²) in [6.07, 6.45) is -0.874. The molecular formula is C12H21BrN2O3. The van der Waals surface area contributed by atoms with Gasteiger partial charge in [0.1, 0.15) is 6.10 Å². The maximum atomic E-state index is 10.2. The number of aryl methyl sites for hydroxylation is 2. The molecule has 0 saturated heterocycles. The van der Waals surface area contributed by atoms with Gasteiger partial charge in [0.05, 0.1) is 15.9 Å². The Kier molecular flexibility index (Phi) is 6.28. The molecule has 0 fully saturated rings. The Balaban J connectivity index is 2.75. The van der Waals surface area contributed by atoms with Crippen LogP contribution in [0.25, 0.3) is 0 Å². The third kappa shape index (κ3) is 3.78. The molecule has 0 spiro atoms. The van der Waals surface area contributed by atoms with Crippen LogP contribution in [0.5, 0.6) is 0 Å². The van der Waals surface area contributed by atoms with Crippen molar-refractivity contribution in [2.75, 3.05) is 13.2 Å². The molecule has 0 bridgehead atoms. The van der Waals surface area contributed by atoms with Crippen molar-refractivity contribution < 1.29 is 14.6 Å². The zero-order valence-corrected chi connectivity index (χ0v) is 12.9. The summed E-state index contributed by atoms with van der Waals surface area (Å²) < 4.78 is 13.5. The quantitative estimate of drug-likeness (QED) is 0.778. The van der Waals surface area contributed by atoms with Crippen LogP contribution in [0.2, 0.25) is 0 Å². The minimum absolute atomic E-state index is 0.433. The van der Waals surface area contributed by atoms with Gasteiger partial charge in [0, 0.05) is 26.7 Å². The summed E-state index contributed by atoms with van der Waals surface area (Å²) in [5.74, 6) is 0. The highest BCUT2D eigenvalue weighted by Gasteiger charge is 2.23. The summed E-state index contributed by atoms with van der Waals surface area (Å²) in [5, 5.41) is 14.5. The van der Waals surface area contributed by atoms with Crippen LogP contribution in [0.3, 0.4) is 0 Å². The zero-order chi connectivity index (χ0) is 13.7. The van der Waals surface area contributed by atoms with Crippen molar-refractivity contribution in [2.45, 2.75) is 39.6 Å². The predicted molar refractivity (Wildman–Crippen MR) is 72.4 cm³/mol. The standard InChI is InChI=1S/C12H21BrN2O3/c1-5-17-12(18-6-2)10(16)7-9-11(13)8(3)14-15(9)4/h10,12,16H,5-7H2,1-4H3. The van der Waals surface area contributed by atoms with E-state index in [-0.39, 0.29) is 0 Å². The van der Waals surface area contributed by atoms with E-state index in [2.05, 4.69) is 21.0 Å². The number of halogens is 1. The van der Waals surface area contributed by atoms with E-state index in [1.54, 1.807) is 4.68 Å². The van der Waals surface area contributed by atoms with Crippen LogP contribution >= 0.6 is 15.9 Å². The fourth-order valence-electron chi connectivity index (χ4n) is 1.79. The first-order valence-electron chi connectivity index (χ1n) is 6.10. The number of nitrogens with zero attached hydrogens (tertiary/aromatic N) is 2. The Morgan fingerprint density at radius 2 is 1.89 bits per heavy atom. The van der Waals surface area contributed by atoms with Gasteiger partial charge in [-0.2, -0.15) is 5.10 Å². The molecule has 104 valence electrons. The highest BCUT2D eigenvalue weighted by atomic mass is 79.9. The van der Waals surface area contributed by atoms with Gasteiger partial charge in [0.15, 0.2) is 6.29 Å². The second-order valence-electron chi connectivity index (χ2n) is 4.02. The molecule has 1 rings (SSSR count). The number of aromatic nitrogens is 2.